The van der Waals surface area contributed by atoms with Gasteiger partial charge in [-0.2, -0.15) is 0 Å². The third-order valence-electron chi connectivity index (χ3n) is 3.90. The summed E-state index contributed by atoms with van der Waals surface area (Å²) in [5, 5.41) is 0. The Morgan fingerprint density at radius 3 is 2.95 bits per heavy atom. The van der Waals surface area contributed by atoms with Crippen molar-refractivity contribution in [1.82, 2.24) is 4.98 Å². The standard InChI is InChI=1S/C16H19N3O/c17-14(10-11-4-3-8-19-16(11)18)12-7-9-20-15-6-2-1-5-13(12)15/h1-6,8,12,14H,7,9-10,17H2,(H2,18,19). The maximum absolute atomic E-state index is 6.43. The molecule has 2 heterocycles. The number of rotatable bonds is 3. The second kappa shape index (κ2) is 5.51. The van der Waals surface area contributed by atoms with E-state index in [1.807, 2.05) is 30.3 Å². The number of nitrogens with two attached hydrogens (primary N) is 2. The summed E-state index contributed by atoms with van der Waals surface area (Å²) < 4.78 is 5.69. The number of nitrogen functional groups attached to an aromatic ring is 1. The normalized spacial score (nSPS) is 18.9. The Morgan fingerprint density at radius 1 is 1.25 bits per heavy atom. The van der Waals surface area contributed by atoms with Crippen molar-refractivity contribution in [3.63, 3.8) is 0 Å². The lowest BCUT2D eigenvalue weighted by Gasteiger charge is -2.30. The number of anilines is 1. The fraction of sp³-hybridized carbons (Fsp3) is 0.312. The molecule has 1 aliphatic rings. The summed E-state index contributed by atoms with van der Waals surface area (Å²) >= 11 is 0. The third-order valence-corrected chi connectivity index (χ3v) is 3.90. The van der Waals surface area contributed by atoms with Crippen molar-refractivity contribution in [1.29, 1.82) is 0 Å². The first-order valence-electron chi connectivity index (χ1n) is 6.92. The van der Waals surface area contributed by atoms with Crippen LogP contribution in [0.5, 0.6) is 5.75 Å². The molecule has 1 aromatic heterocycles. The molecule has 2 aromatic rings. The zero-order valence-electron chi connectivity index (χ0n) is 11.3. The van der Waals surface area contributed by atoms with Crippen molar-refractivity contribution in [2.45, 2.75) is 24.8 Å². The summed E-state index contributed by atoms with van der Waals surface area (Å²) in [4.78, 5) is 4.12. The number of ether oxygens (including phenoxy) is 1. The fourth-order valence-electron chi connectivity index (χ4n) is 2.83. The molecule has 3 rings (SSSR count). The van der Waals surface area contributed by atoms with Crippen molar-refractivity contribution in [3.8, 4) is 5.75 Å². The molecule has 104 valence electrons. The number of pyridine rings is 1. The number of aromatic nitrogens is 1. The van der Waals surface area contributed by atoms with Gasteiger partial charge in [-0.15, -0.1) is 0 Å². The van der Waals surface area contributed by atoms with Crippen molar-refractivity contribution < 1.29 is 4.74 Å². The predicted octanol–water partition coefficient (Wildman–Crippen LogP) is 2.10. The molecule has 0 saturated heterocycles. The molecular formula is C16H19N3O. The molecule has 2 atom stereocenters. The summed E-state index contributed by atoms with van der Waals surface area (Å²) in [5.74, 6) is 1.83. The monoisotopic (exact) mass is 269 g/mol. The predicted molar refractivity (Wildman–Crippen MR) is 79.6 cm³/mol. The average Bonchev–Trinajstić information content (AvgIpc) is 2.49. The molecule has 0 aliphatic carbocycles. The van der Waals surface area contributed by atoms with Crippen LogP contribution in [0, 0.1) is 0 Å². The van der Waals surface area contributed by atoms with Gasteiger partial charge in [0.15, 0.2) is 0 Å². The zero-order valence-corrected chi connectivity index (χ0v) is 11.3. The van der Waals surface area contributed by atoms with E-state index < -0.39 is 0 Å². The summed E-state index contributed by atoms with van der Waals surface area (Å²) in [6, 6.07) is 12.0. The highest BCUT2D eigenvalue weighted by Crippen LogP contribution is 2.35. The van der Waals surface area contributed by atoms with E-state index in [4.69, 9.17) is 16.2 Å². The minimum absolute atomic E-state index is 0.0200. The van der Waals surface area contributed by atoms with Gasteiger partial charge in [-0.1, -0.05) is 24.3 Å². The van der Waals surface area contributed by atoms with Gasteiger partial charge in [0.2, 0.25) is 0 Å². The molecule has 4 nitrogen and oxygen atoms in total. The van der Waals surface area contributed by atoms with Gasteiger partial charge in [-0.05, 0) is 36.1 Å². The first-order chi connectivity index (χ1) is 9.75. The highest BCUT2D eigenvalue weighted by molar-refractivity contribution is 5.41. The molecule has 0 amide bonds. The Balaban J connectivity index is 1.82. The minimum Gasteiger partial charge on any atom is -0.493 e. The van der Waals surface area contributed by atoms with Gasteiger partial charge in [-0.3, -0.25) is 0 Å². The maximum atomic E-state index is 6.43. The molecule has 2 unspecified atom stereocenters. The van der Waals surface area contributed by atoms with Crippen LogP contribution < -0.4 is 16.2 Å². The van der Waals surface area contributed by atoms with Crippen LogP contribution >= 0.6 is 0 Å². The first-order valence-corrected chi connectivity index (χ1v) is 6.92. The number of fused-ring (bicyclic) bond motifs is 1. The van der Waals surface area contributed by atoms with Crippen molar-refractivity contribution in [2.24, 2.45) is 5.73 Å². The first kappa shape index (κ1) is 12.9. The Bertz CT molecular complexity index is 600. The smallest absolute Gasteiger partial charge is 0.126 e. The molecule has 0 fully saturated rings. The highest BCUT2D eigenvalue weighted by atomic mass is 16.5. The number of nitrogens with zero attached hydrogens (tertiary/aromatic N) is 1. The van der Waals surface area contributed by atoms with E-state index in [1.54, 1.807) is 6.20 Å². The van der Waals surface area contributed by atoms with Crippen LogP contribution in [0.3, 0.4) is 0 Å². The largest absolute Gasteiger partial charge is 0.493 e. The Hall–Kier alpha value is -2.07. The van der Waals surface area contributed by atoms with Crippen LogP contribution in [0.25, 0.3) is 0 Å². The van der Waals surface area contributed by atoms with Gasteiger partial charge < -0.3 is 16.2 Å². The van der Waals surface area contributed by atoms with Crippen molar-refractivity contribution in [2.75, 3.05) is 12.3 Å². The fourth-order valence-corrected chi connectivity index (χ4v) is 2.83. The van der Waals surface area contributed by atoms with E-state index in [0.29, 0.717) is 11.7 Å². The molecule has 20 heavy (non-hydrogen) atoms. The Kier molecular flexibility index (Phi) is 3.56. The molecule has 0 spiro atoms. The molecule has 0 bridgehead atoms. The van der Waals surface area contributed by atoms with Gasteiger partial charge in [-0.25, -0.2) is 4.98 Å². The van der Waals surface area contributed by atoms with E-state index in [9.17, 15) is 0 Å². The van der Waals surface area contributed by atoms with Crippen LogP contribution in [0.1, 0.15) is 23.5 Å². The van der Waals surface area contributed by atoms with E-state index in [2.05, 4.69) is 11.1 Å². The Labute approximate surface area is 118 Å². The molecule has 1 aliphatic heterocycles. The minimum atomic E-state index is 0.0200. The summed E-state index contributed by atoms with van der Waals surface area (Å²) in [7, 11) is 0. The van der Waals surface area contributed by atoms with Crippen LogP contribution in [0.2, 0.25) is 0 Å². The van der Waals surface area contributed by atoms with Crippen LogP contribution in [-0.2, 0) is 6.42 Å². The van der Waals surface area contributed by atoms with Crippen LogP contribution in [0.15, 0.2) is 42.6 Å². The highest BCUT2D eigenvalue weighted by Gasteiger charge is 2.26. The lowest BCUT2D eigenvalue weighted by atomic mass is 9.84. The molecule has 1 aromatic carbocycles. The van der Waals surface area contributed by atoms with E-state index in [-0.39, 0.29) is 6.04 Å². The van der Waals surface area contributed by atoms with Gasteiger partial charge >= 0.3 is 0 Å². The van der Waals surface area contributed by atoms with Crippen molar-refractivity contribution >= 4 is 5.82 Å². The number of hydrogen-bond donors (Lipinski definition) is 2. The van der Waals surface area contributed by atoms with Crippen LogP contribution in [0.4, 0.5) is 5.82 Å². The molecular weight excluding hydrogens is 250 g/mol. The third kappa shape index (κ3) is 2.47. The van der Waals surface area contributed by atoms with E-state index in [1.165, 1.54) is 5.56 Å². The number of hydrogen-bond acceptors (Lipinski definition) is 4. The molecule has 0 radical (unpaired) electrons. The van der Waals surface area contributed by atoms with Gasteiger partial charge in [0.25, 0.3) is 0 Å². The summed E-state index contributed by atoms with van der Waals surface area (Å²) in [5.41, 5.74) is 14.5. The van der Waals surface area contributed by atoms with Gasteiger partial charge in [0.05, 0.1) is 6.61 Å². The van der Waals surface area contributed by atoms with E-state index in [0.717, 1.165) is 30.8 Å². The van der Waals surface area contributed by atoms with Crippen molar-refractivity contribution in [3.05, 3.63) is 53.7 Å². The molecule has 4 N–H and O–H groups in total. The topological polar surface area (TPSA) is 74.2 Å². The zero-order chi connectivity index (χ0) is 13.9. The molecule has 0 saturated carbocycles. The lowest BCUT2D eigenvalue weighted by Crippen LogP contribution is -2.34. The van der Waals surface area contributed by atoms with E-state index >= 15 is 0 Å². The maximum Gasteiger partial charge on any atom is 0.126 e. The number of para-hydroxylation sites is 1. The Morgan fingerprint density at radius 2 is 2.10 bits per heavy atom. The quantitative estimate of drug-likeness (QED) is 0.895. The summed E-state index contributed by atoms with van der Waals surface area (Å²) in [6.07, 6.45) is 3.38. The molecule has 4 heteroatoms. The number of benzene rings is 1. The van der Waals surface area contributed by atoms with Crippen LogP contribution in [-0.4, -0.2) is 17.6 Å². The SMILES string of the molecule is Nc1ncccc1CC(N)C1CCOc2ccccc21. The van der Waals surface area contributed by atoms with Gasteiger partial charge in [0, 0.05) is 18.2 Å². The second-order valence-corrected chi connectivity index (χ2v) is 5.20. The van der Waals surface area contributed by atoms with Gasteiger partial charge in [0.1, 0.15) is 11.6 Å². The second-order valence-electron chi connectivity index (χ2n) is 5.20. The average molecular weight is 269 g/mol. The summed E-state index contributed by atoms with van der Waals surface area (Å²) in [6.45, 7) is 0.720. The lowest BCUT2D eigenvalue weighted by molar-refractivity contribution is 0.254.